The largest absolute Gasteiger partial charge is 0.462 e. The van der Waals surface area contributed by atoms with Gasteiger partial charge in [-0.3, -0.25) is 10.1 Å². The van der Waals surface area contributed by atoms with Crippen LogP contribution in [0.2, 0.25) is 0 Å². The number of nitrogens with zero attached hydrogens (tertiary/aromatic N) is 1. The molecule has 3 amide bonds. The van der Waals surface area contributed by atoms with E-state index in [1.54, 1.807) is 6.08 Å². The summed E-state index contributed by atoms with van der Waals surface area (Å²) in [5.41, 5.74) is 1.60. The zero-order chi connectivity index (χ0) is 18.8. The lowest BCUT2D eigenvalue weighted by molar-refractivity contribution is -0.138. The summed E-state index contributed by atoms with van der Waals surface area (Å²) in [6.07, 6.45) is 2.69. The molecular weight excluding hydrogens is 354 g/mol. The van der Waals surface area contributed by atoms with Crippen molar-refractivity contribution in [2.75, 3.05) is 6.61 Å². The Bertz CT molecular complexity index is 787. The first-order valence-corrected chi connectivity index (χ1v) is 8.79. The van der Waals surface area contributed by atoms with Crippen LogP contribution in [0.15, 0.2) is 41.8 Å². The van der Waals surface area contributed by atoms with Gasteiger partial charge in [0.05, 0.1) is 17.1 Å². The predicted octanol–water partition coefficient (Wildman–Crippen LogP) is 2.42. The number of hydrogen-bond donors (Lipinski definition) is 2. The van der Waals surface area contributed by atoms with Crippen molar-refractivity contribution in [3.63, 3.8) is 0 Å². The van der Waals surface area contributed by atoms with Crippen LogP contribution in [-0.2, 0) is 20.9 Å². The normalized spacial score (nSPS) is 10.5. The summed E-state index contributed by atoms with van der Waals surface area (Å²) in [5, 5.41) is 7.47. The molecule has 8 heteroatoms. The highest BCUT2D eigenvalue weighted by Crippen LogP contribution is 2.09. The van der Waals surface area contributed by atoms with Crippen LogP contribution in [0.25, 0.3) is 6.08 Å². The molecule has 1 aromatic carbocycles. The number of nitrogens with one attached hydrogen (secondary N) is 2. The summed E-state index contributed by atoms with van der Waals surface area (Å²) in [5.74, 6) is -1.10. The van der Waals surface area contributed by atoms with E-state index in [1.807, 2.05) is 42.6 Å². The van der Waals surface area contributed by atoms with Gasteiger partial charge in [0.15, 0.2) is 0 Å². The number of carbonyl (C=O) groups excluding carboxylic acids is 3. The van der Waals surface area contributed by atoms with E-state index in [9.17, 15) is 14.4 Å². The van der Waals surface area contributed by atoms with Crippen molar-refractivity contribution in [2.45, 2.75) is 19.9 Å². The Labute approximate surface area is 155 Å². The molecule has 0 unspecified atom stereocenters. The molecule has 0 spiro atoms. The molecule has 2 N–H and O–H groups in total. The van der Waals surface area contributed by atoms with E-state index >= 15 is 0 Å². The van der Waals surface area contributed by atoms with E-state index in [2.05, 4.69) is 15.6 Å². The molecule has 0 aliphatic heterocycles. The third-order valence-electron chi connectivity index (χ3n) is 3.15. The quantitative estimate of drug-likeness (QED) is 0.574. The number of benzene rings is 1. The van der Waals surface area contributed by atoms with Crippen LogP contribution in [0, 0.1) is 6.92 Å². The Balaban J connectivity index is 1.61. The fraction of sp³-hybridized carbons (Fsp3) is 0.222. The number of imide groups is 1. The van der Waals surface area contributed by atoms with Crippen molar-refractivity contribution in [1.29, 1.82) is 0 Å². The summed E-state index contributed by atoms with van der Waals surface area (Å²) in [7, 11) is 0. The number of hydrogen-bond acceptors (Lipinski definition) is 6. The van der Waals surface area contributed by atoms with E-state index in [0.717, 1.165) is 10.6 Å². The van der Waals surface area contributed by atoms with Gasteiger partial charge < -0.3 is 10.1 Å². The van der Waals surface area contributed by atoms with Crippen molar-refractivity contribution in [3.05, 3.63) is 58.1 Å². The van der Waals surface area contributed by atoms with Crippen LogP contribution in [0.4, 0.5) is 4.79 Å². The summed E-state index contributed by atoms with van der Waals surface area (Å²) >= 11 is 1.48. The maximum Gasteiger partial charge on any atom is 0.330 e. The predicted molar refractivity (Wildman–Crippen MR) is 98.3 cm³/mol. The third kappa shape index (κ3) is 7.27. The monoisotopic (exact) mass is 373 g/mol. The lowest BCUT2D eigenvalue weighted by Gasteiger charge is -2.07. The zero-order valence-corrected chi connectivity index (χ0v) is 15.0. The Morgan fingerprint density at radius 2 is 2.00 bits per heavy atom. The van der Waals surface area contributed by atoms with Crippen LogP contribution in [0.3, 0.4) is 0 Å². The smallest absolute Gasteiger partial charge is 0.330 e. The second-order valence-corrected chi connectivity index (χ2v) is 6.32. The minimum absolute atomic E-state index is 0.103. The van der Waals surface area contributed by atoms with Crippen LogP contribution in [0.1, 0.15) is 22.7 Å². The second kappa shape index (κ2) is 10.1. The van der Waals surface area contributed by atoms with Gasteiger partial charge in [0.1, 0.15) is 6.61 Å². The molecular formula is C18H19N3O4S. The Morgan fingerprint density at radius 1 is 1.23 bits per heavy atom. The number of ether oxygens (including phenoxy) is 1. The summed E-state index contributed by atoms with van der Waals surface area (Å²) in [6.45, 7) is 2.07. The molecule has 0 bridgehead atoms. The second-order valence-electron chi connectivity index (χ2n) is 5.26. The first kappa shape index (κ1) is 19.3. The van der Waals surface area contributed by atoms with Crippen LogP contribution < -0.4 is 10.6 Å². The summed E-state index contributed by atoms with van der Waals surface area (Å²) < 4.78 is 4.91. The van der Waals surface area contributed by atoms with Gasteiger partial charge >= 0.3 is 12.0 Å². The Kier molecular flexibility index (Phi) is 7.50. The van der Waals surface area contributed by atoms with Gasteiger partial charge in [-0.25, -0.2) is 14.6 Å². The molecule has 2 aromatic rings. The van der Waals surface area contributed by atoms with Crippen LogP contribution >= 0.6 is 11.3 Å². The van der Waals surface area contributed by atoms with Crippen molar-refractivity contribution in [1.82, 2.24) is 15.6 Å². The fourth-order valence-electron chi connectivity index (χ4n) is 1.91. The minimum Gasteiger partial charge on any atom is -0.462 e. The number of thiazole rings is 1. The Morgan fingerprint density at radius 3 is 2.69 bits per heavy atom. The van der Waals surface area contributed by atoms with E-state index in [0.29, 0.717) is 12.2 Å². The number of carbonyl (C=O) groups is 3. The third-order valence-corrected chi connectivity index (χ3v) is 3.94. The highest BCUT2D eigenvalue weighted by atomic mass is 32.1. The fourth-order valence-corrected chi connectivity index (χ4v) is 2.49. The van der Waals surface area contributed by atoms with E-state index in [-0.39, 0.29) is 13.0 Å². The summed E-state index contributed by atoms with van der Waals surface area (Å²) in [4.78, 5) is 39.0. The van der Waals surface area contributed by atoms with Gasteiger partial charge in [0.2, 0.25) is 5.91 Å². The van der Waals surface area contributed by atoms with Crippen LogP contribution in [-0.4, -0.2) is 29.5 Å². The lowest BCUT2D eigenvalue weighted by Crippen LogP contribution is -2.39. The number of urea groups is 1. The van der Waals surface area contributed by atoms with Gasteiger partial charge in [-0.1, -0.05) is 30.3 Å². The number of rotatable bonds is 7. The van der Waals surface area contributed by atoms with Crippen molar-refractivity contribution in [2.24, 2.45) is 0 Å². The molecule has 1 aromatic heterocycles. The summed E-state index contributed by atoms with van der Waals surface area (Å²) in [6, 6.07) is 8.73. The molecule has 0 atom stereocenters. The zero-order valence-electron chi connectivity index (χ0n) is 14.2. The number of esters is 1. The molecule has 0 saturated carbocycles. The molecule has 0 aliphatic carbocycles. The van der Waals surface area contributed by atoms with Crippen molar-refractivity contribution >= 4 is 35.3 Å². The first-order valence-electron chi connectivity index (χ1n) is 7.91. The molecule has 0 saturated heterocycles. The van der Waals surface area contributed by atoms with E-state index < -0.39 is 17.9 Å². The lowest BCUT2D eigenvalue weighted by atomic mass is 10.2. The highest BCUT2D eigenvalue weighted by Gasteiger charge is 2.08. The molecule has 136 valence electrons. The van der Waals surface area contributed by atoms with E-state index in [1.165, 1.54) is 17.4 Å². The molecule has 0 radical (unpaired) electrons. The molecule has 2 rings (SSSR count). The average Bonchev–Trinajstić information content (AvgIpc) is 3.04. The molecule has 0 fully saturated rings. The SMILES string of the molecule is Cc1nc(/C=C/C(=O)OCCC(=O)NC(=O)NCc2ccccc2)cs1. The Hall–Kier alpha value is -3.00. The number of amides is 3. The minimum atomic E-state index is -0.594. The maximum absolute atomic E-state index is 11.6. The van der Waals surface area contributed by atoms with Crippen molar-refractivity contribution in [3.8, 4) is 0 Å². The number of aryl methyl sites for hydroxylation is 1. The average molecular weight is 373 g/mol. The van der Waals surface area contributed by atoms with Gasteiger partial charge in [-0.2, -0.15) is 0 Å². The van der Waals surface area contributed by atoms with E-state index in [4.69, 9.17) is 4.74 Å². The topological polar surface area (TPSA) is 97.4 Å². The first-order chi connectivity index (χ1) is 12.5. The highest BCUT2D eigenvalue weighted by molar-refractivity contribution is 7.09. The van der Waals surface area contributed by atoms with Gasteiger partial charge in [-0.05, 0) is 18.6 Å². The van der Waals surface area contributed by atoms with Gasteiger partial charge in [-0.15, -0.1) is 11.3 Å². The maximum atomic E-state index is 11.6. The van der Waals surface area contributed by atoms with Gasteiger partial charge in [0.25, 0.3) is 0 Å². The van der Waals surface area contributed by atoms with Crippen molar-refractivity contribution < 1.29 is 19.1 Å². The van der Waals surface area contributed by atoms with Gasteiger partial charge in [0, 0.05) is 18.0 Å². The van der Waals surface area contributed by atoms with Crippen LogP contribution in [0.5, 0.6) is 0 Å². The standard InChI is InChI=1S/C18H19N3O4S/c1-13-20-15(12-26-13)7-8-17(23)25-10-9-16(22)21-18(24)19-11-14-5-3-2-4-6-14/h2-8,12H,9-11H2,1H3,(H2,19,21,22,24)/b8-7+. The molecule has 26 heavy (non-hydrogen) atoms. The molecule has 0 aliphatic rings. The molecule has 7 nitrogen and oxygen atoms in total. The molecule has 1 heterocycles. The number of aromatic nitrogens is 1.